The third-order valence-electron chi connectivity index (χ3n) is 2.47. The van der Waals surface area contributed by atoms with Crippen molar-refractivity contribution in [2.24, 2.45) is 22.9 Å². The van der Waals surface area contributed by atoms with Crippen LogP contribution in [0.5, 0.6) is 0 Å². The Morgan fingerprint density at radius 2 is 1.33 bits per heavy atom. The molecule has 0 saturated carbocycles. The SMILES string of the molecule is NCCc1cc(CCN)c(C(N)=O)nc1C(N)=O. The topological polar surface area (TPSA) is 151 Å². The van der Waals surface area contributed by atoms with Gasteiger partial charge in [-0.3, -0.25) is 9.59 Å². The Hall–Kier alpha value is -1.99. The van der Waals surface area contributed by atoms with Gasteiger partial charge in [-0.1, -0.05) is 6.07 Å². The van der Waals surface area contributed by atoms with Crippen molar-refractivity contribution < 1.29 is 9.59 Å². The second-order valence-corrected chi connectivity index (χ2v) is 3.81. The molecule has 1 heterocycles. The number of carbonyl (C=O) groups is 2. The van der Waals surface area contributed by atoms with E-state index in [0.717, 1.165) is 0 Å². The van der Waals surface area contributed by atoms with Crippen molar-refractivity contribution in [2.75, 3.05) is 13.1 Å². The number of carbonyl (C=O) groups excluding carboxylic acids is 2. The maximum Gasteiger partial charge on any atom is 0.267 e. The molecule has 18 heavy (non-hydrogen) atoms. The lowest BCUT2D eigenvalue weighted by atomic mass is 10.0. The highest BCUT2D eigenvalue weighted by Crippen LogP contribution is 2.14. The molecule has 0 fully saturated rings. The van der Waals surface area contributed by atoms with Crippen LogP contribution in [-0.2, 0) is 12.8 Å². The van der Waals surface area contributed by atoms with Gasteiger partial charge in [0.05, 0.1) is 0 Å². The number of hydrogen-bond acceptors (Lipinski definition) is 5. The monoisotopic (exact) mass is 251 g/mol. The van der Waals surface area contributed by atoms with E-state index in [9.17, 15) is 9.59 Å². The zero-order chi connectivity index (χ0) is 13.7. The summed E-state index contributed by atoms with van der Waals surface area (Å²) in [5.74, 6) is -1.42. The zero-order valence-corrected chi connectivity index (χ0v) is 9.98. The maximum absolute atomic E-state index is 11.3. The lowest BCUT2D eigenvalue weighted by molar-refractivity contribution is 0.0991. The van der Waals surface area contributed by atoms with E-state index in [1.807, 2.05) is 0 Å². The van der Waals surface area contributed by atoms with Gasteiger partial charge in [0, 0.05) is 0 Å². The molecule has 0 radical (unpaired) electrons. The van der Waals surface area contributed by atoms with Crippen LogP contribution in [-0.4, -0.2) is 29.9 Å². The molecule has 0 aliphatic rings. The summed E-state index contributed by atoms with van der Waals surface area (Å²) in [5.41, 5.74) is 22.6. The quantitative estimate of drug-likeness (QED) is 0.474. The molecule has 0 aromatic carbocycles. The molecule has 1 aromatic rings. The number of hydrogen-bond donors (Lipinski definition) is 4. The Labute approximate surface area is 105 Å². The Morgan fingerprint density at radius 3 is 1.61 bits per heavy atom. The van der Waals surface area contributed by atoms with E-state index in [1.54, 1.807) is 6.07 Å². The van der Waals surface area contributed by atoms with Crippen LogP contribution in [0.15, 0.2) is 6.07 Å². The Balaban J connectivity index is 3.39. The summed E-state index contributed by atoms with van der Waals surface area (Å²) in [6.07, 6.45) is 0.893. The Morgan fingerprint density at radius 1 is 0.944 bits per heavy atom. The van der Waals surface area contributed by atoms with Gasteiger partial charge < -0.3 is 22.9 Å². The number of pyridine rings is 1. The average Bonchev–Trinajstić information content (AvgIpc) is 2.29. The Bertz CT molecular complexity index is 433. The lowest BCUT2D eigenvalue weighted by Gasteiger charge is -2.11. The molecule has 0 atom stereocenters. The first-order valence-corrected chi connectivity index (χ1v) is 5.53. The average molecular weight is 251 g/mol. The van der Waals surface area contributed by atoms with Crippen LogP contribution in [0.25, 0.3) is 0 Å². The molecular weight excluding hydrogens is 234 g/mol. The van der Waals surface area contributed by atoms with E-state index in [-0.39, 0.29) is 11.4 Å². The molecule has 98 valence electrons. The predicted molar refractivity (Wildman–Crippen MR) is 66.8 cm³/mol. The summed E-state index contributed by atoms with van der Waals surface area (Å²) in [4.78, 5) is 26.5. The van der Waals surface area contributed by atoms with E-state index < -0.39 is 11.8 Å². The summed E-state index contributed by atoms with van der Waals surface area (Å²) >= 11 is 0. The molecule has 7 nitrogen and oxygen atoms in total. The molecule has 0 bridgehead atoms. The van der Waals surface area contributed by atoms with Crippen LogP contribution < -0.4 is 22.9 Å². The molecular formula is C11H17N5O2. The van der Waals surface area contributed by atoms with Gasteiger partial charge in [-0.15, -0.1) is 0 Å². The highest BCUT2D eigenvalue weighted by Gasteiger charge is 2.17. The summed E-state index contributed by atoms with van der Waals surface area (Å²) < 4.78 is 0. The highest BCUT2D eigenvalue weighted by atomic mass is 16.1. The van der Waals surface area contributed by atoms with Gasteiger partial charge in [0.1, 0.15) is 11.4 Å². The van der Waals surface area contributed by atoms with E-state index in [0.29, 0.717) is 37.1 Å². The lowest BCUT2D eigenvalue weighted by Crippen LogP contribution is -2.24. The fraction of sp³-hybridized carbons (Fsp3) is 0.364. The largest absolute Gasteiger partial charge is 0.364 e. The third-order valence-corrected chi connectivity index (χ3v) is 2.47. The van der Waals surface area contributed by atoms with Gasteiger partial charge in [-0.05, 0) is 37.1 Å². The minimum Gasteiger partial charge on any atom is -0.364 e. The summed E-state index contributed by atoms with van der Waals surface area (Å²) in [5, 5.41) is 0. The third kappa shape index (κ3) is 3.02. The molecule has 0 saturated heterocycles. The first-order chi connectivity index (χ1) is 8.51. The van der Waals surface area contributed by atoms with E-state index >= 15 is 0 Å². The first kappa shape index (κ1) is 14.1. The van der Waals surface area contributed by atoms with Crippen molar-refractivity contribution in [3.05, 3.63) is 28.6 Å². The second-order valence-electron chi connectivity index (χ2n) is 3.81. The minimum atomic E-state index is -0.708. The van der Waals surface area contributed by atoms with Crippen LogP contribution in [0, 0.1) is 0 Å². The van der Waals surface area contributed by atoms with Crippen molar-refractivity contribution in [3.63, 3.8) is 0 Å². The van der Waals surface area contributed by atoms with E-state index in [4.69, 9.17) is 22.9 Å². The van der Waals surface area contributed by atoms with Crippen LogP contribution in [0.1, 0.15) is 32.1 Å². The second kappa shape index (κ2) is 6.08. The van der Waals surface area contributed by atoms with Crippen molar-refractivity contribution in [3.8, 4) is 0 Å². The van der Waals surface area contributed by atoms with Crippen molar-refractivity contribution in [1.82, 2.24) is 4.98 Å². The molecule has 2 amide bonds. The number of rotatable bonds is 6. The molecule has 8 N–H and O–H groups in total. The molecule has 1 aromatic heterocycles. The highest BCUT2D eigenvalue weighted by molar-refractivity contribution is 5.96. The molecule has 0 aliphatic carbocycles. The maximum atomic E-state index is 11.3. The molecule has 0 spiro atoms. The van der Waals surface area contributed by atoms with Crippen molar-refractivity contribution in [2.45, 2.75) is 12.8 Å². The van der Waals surface area contributed by atoms with Gasteiger partial charge in [0.2, 0.25) is 0 Å². The first-order valence-electron chi connectivity index (χ1n) is 5.53. The van der Waals surface area contributed by atoms with Crippen LogP contribution in [0.4, 0.5) is 0 Å². The zero-order valence-electron chi connectivity index (χ0n) is 9.98. The predicted octanol–water partition coefficient (Wildman–Crippen LogP) is -1.72. The van der Waals surface area contributed by atoms with Crippen LogP contribution in [0.2, 0.25) is 0 Å². The smallest absolute Gasteiger partial charge is 0.267 e. The fourth-order valence-electron chi connectivity index (χ4n) is 1.72. The molecule has 7 heteroatoms. The summed E-state index contributed by atoms with van der Waals surface area (Å²) in [6, 6.07) is 1.67. The standard InChI is InChI=1S/C11H17N5O2/c12-3-1-6-5-7(2-4-13)9(11(15)18)16-8(6)10(14)17/h5H,1-4,12-13H2,(H2,14,17)(H2,15,18). The van der Waals surface area contributed by atoms with Crippen molar-refractivity contribution >= 4 is 11.8 Å². The molecule has 1 rings (SSSR count). The number of nitrogens with two attached hydrogens (primary N) is 4. The summed E-state index contributed by atoms with van der Waals surface area (Å²) in [7, 11) is 0. The Kier molecular flexibility index (Phi) is 4.75. The van der Waals surface area contributed by atoms with Gasteiger partial charge in [-0.25, -0.2) is 4.98 Å². The number of amides is 2. The van der Waals surface area contributed by atoms with E-state index in [2.05, 4.69) is 4.98 Å². The number of nitrogens with zero attached hydrogens (tertiary/aromatic N) is 1. The normalized spacial score (nSPS) is 10.3. The van der Waals surface area contributed by atoms with Gasteiger partial charge in [0.25, 0.3) is 11.8 Å². The fourth-order valence-corrected chi connectivity index (χ4v) is 1.72. The number of aromatic nitrogens is 1. The van der Waals surface area contributed by atoms with Gasteiger partial charge in [-0.2, -0.15) is 0 Å². The number of primary amides is 2. The van der Waals surface area contributed by atoms with Crippen LogP contribution >= 0.6 is 0 Å². The van der Waals surface area contributed by atoms with Crippen molar-refractivity contribution in [1.29, 1.82) is 0 Å². The summed E-state index contributed by atoms with van der Waals surface area (Å²) in [6.45, 7) is 0.694. The molecule has 0 aliphatic heterocycles. The van der Waals surface area contributed by atoms with E-state index in [1.165, 1.54) is 0 Å². The van der Waals surface area contributed by atoms with Gasteiger partial charge >= 0.3 is 0 Å². The molecule has 0 unspecified atom stereocenters. The minimum absolute atomic E-state index is 0.0371. The van der Waals surface area contributed by atoms with Crippen LogP contribution in [0.3, 0.4) is 0 Å². The van der Waals surface area contributed by atoms with Gasteiger partial charge in [0.15, 0.2) is 0 Å².